The van der Waals surface area contributed by atoms with E-state index in [1.54, 1.807) is 0 Å². The SMILES string of the molecule is CC/C=C/C/C=C/C/C=C/C/C=C/CCCCC(=O)OC[C@H](COP(=O)(O)OC1C(O)C(O)C(O)[C@H](O)C1O)OC(=O)CCCCCC/C=C/C/C=C/C/C=C/CCCCC. The highest BCUT2D eigenvalue weighted by molar-refractivity contribution is 7.47. The normalized spacial score (nSPS) is 22.8. The second kappa shape index (κ2) is 36.5. The van der Waals surface area contributed by atoms with Crippen LogP contribution in [0.15, 0.2) is 85.1 Å². The second-order valence-electron chi connectivity index (χ2n) is 15.2. The van der Waals surface area contributed by atoms with E-state index in [1.165, 1.54) is 19.3 Å². The lowest BCUT2D eigenvalue weighted by molar-refractivity contribution is -0.220. The zero-order chi connectivity index (χ0) is 45.0. The molecule has 0 amide bonds. The molecule has 1 aliphatic rings. The Kier molecular flexibility index (Phi) is 33.5. The molecule has 0 spiro atoms. The summed E-state index contributed by atoms with van der Waals surface area (Å²) >= 11 is 0. The first-order chi connectivity index (χ1) is 29.4. The smallest absolute Gasteiger partial charge is 0.462 e. The van der Waals surface area contributed by atoms with Crippen molar-refractivity contribution >= 4 is 19.8 Å². The van der Waals surface area contributed by atoms with Gasteiger partial charge in [0, 0.05) is 12.8 Å². The number of esters is 2. The zero-order valence-electron chi connectivity index (χ0n) is 36.7. The van der Waals surface area contributed by atoms with Crippen LogP contribution in [0.1, 0.15) is 142 Å². The molecule has 6 unspecified atom stereocenters. The van der Waals surface area contributed by atoms with Crippen molar-refractivity contribution in [2.45, 2.75) is 185 Å². The summed E-state index contributed by atoms with van der Waals surface area (Å²) in [5.41, 5.74) is 0. The van der Waals surface area contributed by atoms with E-state index in [0.717, 1.165) is 83.5 Å². The second-order valence-corrected chi connectivity index (χ2v) is 16.6. The van der Waals surface area contributed by atoms with Crippen molar-refractivity contribution in [3.63, 3.8) is 0 Å². The molecule has 0 aromatic rings. The summed E-state index contributed by atoms with van der Waals surface area (Å²) in [6.45, 7) is 3.08. The molecule has 0 aromatic heterocycles. The molecule has 13 nitrogen and oxygen atoms in total. The molecule has 0 aliphatic heterocycles. The molecule has 1 fully saturated rings. The summed E-state index contributed by atoms with van der Waals surface area (Å²) < 4.78 is 33.4. The fourth-order valence-electron chi connectivity index (χ4n) is 6.11. The molecular weight excluding hydrogens is 803 g/mol. The average Bonchev–Trinajstić information content (AvgIpc) is 3.24. The molecule has 8 atom stereocenters. The predicted octanol–water partition coefficient (Wildman–Crippen LogP) is 8.50. The molecule has 1 aliphatic carbocycles. The zero-order valence-corrected chi connectivity index (χ0v) is 37.6. The van der Waals surface area contributed by atoms with Crippen molar-refractivity contribution in [3.8, 4) is 0 Å². The Balaban J connectivity index is 2.53. The lowest BCUT2D eigenvalue weighted by Gasteiger charge is -2.41. The first-order valence-corrected chi connectivity index (χ1v) is 23.9. The van der Waals surface area contributed by atoms with Gasteiger partial charge in [-0.25, -0.2) is 4.57 Å². The number of aliphatic hydroxyl groups is 5. The van der Waals surface area contributed by atoms with Crippen LogP contribution in [0, 0.1) is 0 Å². The summed E-state index contributed by atoms with van der Waals surface area (Å²) in [5, 5.41) is 50.1. The molecule has 0 aromatic carbocycles. The van der Waals surface area contributed by atoms with Gasteiger partial charge in [0.15, 0.2) is 6.10 Å². The first-order valence-electron chi connectivity index (χ1n) is 22.4. The maximum atomic E-state index is 12.8. The number of aliphatic hydroxyl groups excluding tert-OH is 5. The van der Waals surface area contributed by atoms with Crippen molar-refractivity contribution in [1.29, 1.82) is 0 Å². The summed E-state index contributed by atoms with van der Waals surface area (Å²) in [6.07, 6.45) is 33.5. The summed E-state index contributed by atoms with van der Waals surface area (Å²) in [5.74, 6) is -1.18. The van der Waals surface area contributed by atoms with Crippen LogP contribution in [0.25, 0.3) is 0 Å². The Morgan fingerprint density at radius 2 is 0.934 bits per heavy atom. The largest absolute Gasteiger partial charge is 0.472 e. The highest BCUT2D eigenvalue weighted by Gasteiger charge is 2.51. The Labute approximate surface area is 365 Å². The number of phosphoric acid groups is 1. The van der Waals surface area contributed by atoms with Gasteiger partial charge in [-0.2, -0.15) is 0 Å². The maximum absolute atomic E-state index is 12.8. The Morgan fingerprint density at radius 1 is 0.525 bits per heavy atom. The van der Waals surface area contributed by atoms with E-state index in [4.69, 9.17) is 18.5 Å². The molecule has 14 heteroatoms. The molecule has 0 heterocycles. The van der Waals surface area contributed by atoms with Crippen molar-refractivity contribution in [3.05, 3.63) is 85.1 Å². The van der Waals surface area contributed by atoms with Crippen molar-refractivity contribution in [2.75, 3.05) is 13.2 Å². The van der Waals surface area contributed by atoms with E-state index < -0.39 is 75.7 Å². The van der Waals surface area contributed by atoms with Crippen molar-refractivity contribution < 1.29 is 63.1 Å². The van der Waals surface area contributed by atoms with Crippen molar-refractivity contribution in [2.24, 2.45) is 0 Å². The quantitative estimate of drug-likeness (QED) is 0.0153. The number of allylic oxidation sites excluding steroid dienone is 14. The van der Waals surface area contributed by atoms with E-state index >= 15 is 0 Å². The number of hydrogen-bond acceptors (Lipinski definition) is 12. The summed E-state index contributed by atoms with van der Waals surface area (Å²) in [6, 6.07) is 0. The van der Waals surface area contributed by atoms with Gasteiger partial charge in [-0.1, -0.05) is 125 Å². The Hall–Kier alpha value is -2.97. The number of rotatable bonds is 35. The van der Waals surface area contributed by atoms with E-state index in [2.05, 4.69) is 98.9 Å². The standard InChI is InChI=1S/C47H77O13P/c1-3-5-7-9-11-13-15-17-19-20-22-24-26-28-30-32-34-36-41(49)59-39(38-58-61(55,56)60-47-45(53)43(51)42(50)44(52)46(47)54)37-57-40(48)35-33-31-29-27-25-23-21-18-16-14-12-10-8-6-4-2/h6,8,11-14,17-19,21-22,24-25,27,39,42-47,50-54H,3-5,7,9-10,15-16,20,23,26,28-38H2,1-2H3,(H,55,56)/b8-6+,13-11+,14-12+,19-17+,21-18+,24-22+,27-25+/t39-,42?,43+,44?,45?,46?,47?/m1/s1. The third kappa shape index (κ3) is 29.1. The van der Waals surface area contributed by atoms with Gasteiger partial charge in [0.05, 0.1) is 6.61 Å². The number of unbranched alkanes of at least 4 members (excludes halogenated alkanes) is 9. The van der Waals surface area contributed by atoms with Gasteiger partial charge < -0.3 is 39.9 Å². The molecule has 0 saturated heterocycles. The van der Waals surface area contributed by atoms with E-state index in [-0.39, 0.29) is 12.8 Å². The van der Waals surface area contributed by atoms with Gasteiger partial charge in [0.2, 0.25) is 0 Å². The fraction of sp³-hybridized carbons (Fsp3) is 0.660. The highest BCUT2D eigenvalue weighted by atomic mass is 31.2. The van der Waals surface area contributed by atoms with Crippen LogP contribution >= 0.6 is 7.82 Å². The minimum atomic E-state index is -5.14. The van der Waals surface area contributed by atoms with Gasteiger partial charge >= 0.3 is 19.8 Å². The van der Waals surface area contributed by atoms with Gasteiger partial charge in [-0.3, -0.25) is 18.6 Å². The van der Waals surface area contributed by atoms with Crippen molar-refractivity contribution in [1.82, 2.24) is 0 Å². The van der Waals surface area contributed by atoms with Crippen LogP contribution in [0.5, 0.6) is 0 Å². The summed E-state index contributed by atoms with van der Waals surface area (Å²) in [4.78, 5) is 35.6. The molecule has 1 rings (SSSR count). The Bertz CT molecular complexity index is 1390. The first kappa shape index (κ1) is 56.0. The highest BCUT2D eigenvalue weighted by Crippen LogP contribution is 2.47. The fourth-order valence-corrected chi connectivity index (χ4v) is 7.08. The van der Waals surface area contributed by atoms with Crippen LogP contribution in [0.3, 0.4) is 0 Å². The van der Waals surface area contributed by atoms with Gasteiger partial charge in [0.25, 0.3) is 0 Å². The van der Waals surface area contributed by atoms with Crippen LogP contribution in [-0.2, 0) is 32.7 Å². The minimum Gasteiger partial charge on any atom is -0.462 e. The maximum Gasteiger partial charge on any atom is 0.472 e. The van der Waals surface area contributed by atoms with Gasteiger partial charge in [-0.15, -0.1) is 0 Å². The third-order valence-electron chi connectivity index (χ3n) is 9.72. The predicted molar refractivity (Wildman–Crippen MR) is 239 cm³/mol. The van der Waals surface area contributed by atoms with Crippen LogP contribution in [0.4, 0.5) is 0 Å². The number of carbonyl (C=O) groups is 2. The van der Waals surface area contributed by atoms with Crippen LogP contribution in [-0.4, -0.2) is 98.3 Å². The van der Waals surface area contributed by atoms with Gasteiger partial charge in [0.1, 0.15) is 43.2 Å². The third-order valence-corrected chi connectivity index (χ3v) is 10.7. The molecule has 348 valence electrons. The molecule has 0 bridgehead atoms. The number of hydrogen-bond donors (Lipinski definition) is 6. The number of ether oxygens (including phenoxy) is 2. The summed E-state index contributed by atoms with van der Waals surface area (Å²) in [7, 11) is -5.14. The molecule has 6 N–H and O–H groups in total. The molecular formula is C47H77O13P. The Morgan fingerprint density at radius 3 is 1.44 bits per heavy atom. The topological polar surface area (TPSA) is 210 Å². The molecule has 61 heavy (non-hydrogen) atoms. The van der Waals surface area contributed by atoms with Crippen LogP contribution < -0.4 is 0 Å². The van der Waals surface area contributed by atoms with Crippen LogP contribution in [0.2, 0.25) is 0 Å². The lowest BCUT2D eigenvalue weighted by Crippen LogP contribution is -2.64. The number of phosphoric ester groups is 1. The monoisotopic (exact) mass is 881 g/mol. The van der Waals surface area contributed by atoms with E-state index in [1.807, 2.05) is 0 Å². The molecule has 1 saturated carbocycles. The lowest BCUT2D eigenvalue weighted by atomic mass is 9.85. The van der Waals surface area contributed by atoms with Gasteiger partial charge in [-0.05, 0) is 89.9 Å². The van der Waals surface area contributed by atoms with E-state index in [9.17, 15) is 44.6 Å². The molecule has 0 radical (unpaired) electrons. The number of carbonyl (C=O) groups excluding carboxylic acids is 2. The minimum absolute atomic E-state index is 0.0568. The van der Waals surface area contributed by atoms with E-state index in [0.29, 0.717) is 12.8 Å². The average molecular weight is 881 g/mol.